The minimum atomic E-state index is -2.17. The van der Waals surface area contributed by atoms with Crippen LogP contribution in [-0.2, 0) is 12.8 Å². The number of rotatable bonds is 8. The summed E-state index contributed by atoms with van der Waals surface area (Å²) in [6.45, 7) is 5.28. The van der Waals surface area contributed by atoms with Crippen molar-refractivity contribution in [2.24, 2.45) is 5.41 Å². The Kier molecular flexibility index (Phi) is 7.95. The third kappa shape index (κ3) is 5.73. The number of hydrogen-bond donors (Lipinski definition) is 1. The van der Waals surface area contributed by atoms with Crippen molar-refractivity contribution in [1.29, 1.82) is 0 Å². The number of halogens is 6. The van der Waals surface area contributed by atoms with Gasteiger partial charge in [-0.05, 0) is 41.6 Å². The molecule has 0 aliphatic heterocycles. The van der Waals surface area contributed by atoms with Gasteiger partial charge in [0.1, 0.15) is 7.85 Å². The van der Waals surface area contributed by atoms with Crippen molar-refractivity contribution in [2.75, 3.05) is 5.75 Å². The van der Waals surface area contributed by atoms with E-state index in [-0.39, 0.29) is 6.42 Å². The van der Waals surface area contributed by atoms with E-state index in [1.807, 2.05) is 38.1 Å². The molecule has 2 rings (SSSR count). The van der Waals surface area contributed by atoms with E-state index in [4.69, 9.17) is 11.6 Å². The quantitative estimate of drug-likeness (QED) is 0.119. The van der Waals surface area contributed by atoms with Crippen LogP contribution in [0.5, 0.6) is 0 Å². The summed E-state index contributed by atoms with van der Waals surface area (Å²) in [6.07, 6.45) is 1.52. The number of alkyl halides is 1. The minimum Gasteiger partial charge on any atom is -0.203 e. The summed E-state index contributed by atoms with van der Waals surface area (Å²) in [5.41, 5.74) is 0.769. The van der Waals surface area contributed by atoms with Crippen LogP contribution in [0.25, 0.3) is 0 Å². The molecule has 0 fully saturated rings. The van der Waals surface area contributed by atoms with Gasteiger partial charge in [0.15, 0.2) is 23.3 Å². The molecule has 0 aromatic heterocycles. The molecule has 0 aliphatic rings. The SMILES string of the molecule is BC(C)(Cl)C(CC(C)(C)Cc1ccc(CCS)cc1)c1c(F)c(F)c(F)c(F)c1F. The summed E-state index contributed by atoms with van der Waals surface area (Å²) in [4.78, 5) is 0. The zero-order chi connectivity index (χ0) is 22.9. The third-order valence-corrected chi connectivity index (χ3v) is 5.77. The van der Waals surface area contributed by atoms with E-state index in [0.717, 1.165) is 23.3 Å². The molecule has 164 valence electrons. The molecule has 0 N–H and O–H groups in total. The van der Waals surface area contributed by atoms with Gasteiger partial charge in [-0.1, -0.05) is 45.0 Å². The van der Waals surface area contributed by atoms with Crippen LogP contribution in [0.3, 0.4) is 0 Å². The predicted octanol–water partition coefficient (Wildman–Crippen LogP) is 6.19. The first kappa shape index (κ1) is 25.1. The van der Waals surface area contributed by atoms with E-state index in [1.165, 1.54) is 14.8 Å². The van der Waals surface area contributed by atoms with Gasteiger partial charge in [-0.2, -0.15) is 12.6 Å². The van der Waals surface area contributed by atoms with Gasteiger partial charge in [-0.3, -0.25) is 0 Å². The van der Waals surface area contributed by atoms with E-state index < -0.39 is 50.8 Å². The Balaban J connectivity index is 2.40. The first-order valence-corrected chi connectivity index (χ1v) is 10.7. The molecule has 0 bridgehead atoms. The lowest BCUT2D eigenvalue weighted by atomic mass is 9.66. The van der Waals surface area contributed by atoms with Gasteiger partial charge < -0.3 is 0 Å². The van der Waals surface area contributed by atoms with Crippen molar-refractivity contribution in [3.63, 3.8) is 0 Å². The topological polar surface area (TPSA) is 0 Å². The van der Waals surface area contributed by atoms with Crippen LogP contribution in [-0.4, -0.2) is 18.4 Å². The molecule has 2 aromatic rings. The second-order valence-electron chi connectivity index (χ2n) is 8.94. The molecule has 0 aliphatic carbocycles. The molecule has 2 aromatic carbocycles. The molecular formula is C22H25BClF5S. The Morgan fingerprint density at radius 3 is 1.73 bits per heavy atom. The summed E-state index contributed by atoms with van der Waals surface area (Å²) >= 11 is 10.6. The largest absolute Gasteiger partial charge is 0.203 e. The zero-order valence-corrected chi connectivity index (χ0v) is 19.1. The molecule has 2 atom stereocenters. The van der Waals surface area contributed by atoms with Gasteiger partial charge >= 0.3 is 0 Å². The molecule has 2 unspecified atom stereocenters. The lowest BCUT2D eigenvalue weighted by Gasteiger charge is -2.37. The Morgan fingerprint density at radius 1 is 0.867 bits per heavy atom. The zero-order valence-electron chi connectivity index (χ0n) is 17.4. The van der Waals surface area contributed by atoms with Crippen LogP contribution in [0.1, 0.15) is 49.8 Å². The molecule has 30 heavy (non-hydrogen) atoms. The van der Waals surface area contributed by atoms with Crippen LogP contribution in [0.15, 0.2) is 24.3 Å². The van der Waals surface area contributed by atoms with Crippen LogP contribution in [0.2, 0.25) is 0 Å². The van der Waals surface area contributed by atoms with Gasteiger partial charge in [-0.25, -0.2) is 22.0 Å². The van der Waals surface area contributed by atoms with E-state index in [2.05, 4.69) is 12.6 Å². The smallest absolute Gasteiger partial charge is 0.200 e. The Bertz CT molecular complexity index is 865. The molecule has 0 heterocycles. The molecule has 0 amide bonds. The van der Waals surface area contributed by atoms with Gasteiger partial charge in [0, 0.05) is 16.3 Å². The van der Waals surface area contributed by atoms with E-state index >= 15 is 0 Å². The first-order valence-electron chi connectivity index (χ1n) is 9.67. The summed E-state index contributed by atoms with van der Waals surface area (Å²) in [6, 6.07) is 7.93. The lowest BCUT2D eigenvalue weighted by Crippen LogP contribution is -2.34. The fraction of sp³-hybridized carbons (Fsp3) is 0.455. The van der Waals surface area contributed by atoms with E-state index in [1.54, 1.807) is 0 Å². The molecule has 0 nitrogen and oxygen atoms in total. The van der Waals surface area contributed by atoms with Crippen LogP contribution in [0.4, 0.5) is 22.0 Å². The maximum atomic E-state index is 14.5. The third-order valence-electron chi connectivity index (χ3n) is 5.28. The fourth-order valence-electron chi connectivity index (χ4n) is 3.75. The van der Waals surface area contributed by atoms with Gasteiger partial charge in [0.05, 0.1) is 0 Å². The highest BCUT2D eigenvalue weighted by molar-refractivity contribution is 7.80. The van der Waals surface area contributed by atoms with Crippen LogP contribution in [0, 0.1) is 34.5 Å². The maximum absolute atomic E-state index is 14.5. The average Bonchev–Trinajstić information content (AvgIpc) is 2.65. The van der Waals surface area contributed by atoms with E-state index in [0.29, 0.717) is 6.42 Å². The Morgan fingerprint density at radius 2 is 1.30 bits per heavy atom. The normalized spacial score (nSPS) is 15.1. The van der Waals surface area contributed by atoms with Gasteiger partial charge in [0.2, 0.25) is 5.82 Å². The van der Waals surface area contributed by atoms with Crippen molar-refractivity contribution in [1.82, 2.24) is 0 Å². The predicted molar refractivity (Wildman–Crippen MR) is 118 cm³/mol. The van der Waals surface area contributed by atoms with E-state index in [9.17, 15) is 22.0 Å². The van der Waals surface area contributed by atoms with Gasteiger partial charge in [0.25, 0.3) is 0 Å². The first-order chi connectivity index (χ1) is 13.8. The summed E-state index contributed by atoms with van der Waals surface area (Å²) in [5.74, 6) is -10.1. The van der Waals surface area contributed by atoms with Crippen molar-refractivity contribution in [2.45, 2.75) is 50.7 Å². The highest BCUT2D eigenvalue weighted by Gasteiger charge is 2.40. The highest BCUT2D eigenvalue weighted by atomic mass is 35.5. The molecule has 8 heteroatoms. The van der Waals surface area contributed by atoms with Gasteiger partial charge in [-0.15, -0.1) is 11.6 Å². The number of thiol groups is 1. The Labute approximate surface area is 186 Å². The number of aryl methyl sites for hydroxylation is 1. The molecular weight excluding hydrogens is 438 g/mol. The molecule has 0 radical (unpaired) electrons. The van der Waals surface area contributed by atoms with Crippen molar-refractivity contribution in [3.8, 4) is 0 Å². The van der Waals surface area contributed by atoms with Crippen molar-refractivity contribution < 1.29 is 22.0 Å². The van der Waals surface area contributed by atoms with Crippen LogP contribution >= 0.6 is 24.2 Å². The molecule has 0 spiro atoms. The monoisotopic (exact) mass is 462 g/mol. The summed E-state index contributed by atoms with van der Waals surface area (Å²) < 4.78 is 68.9. The second-order valence-corrected chi connectivity index (χ2v) is 10.4. The minimum absolute atomic E-state index is 0.125. The fourth-order valence-corrected chi connectivity index (χ4v) is 4.19. The highest BCUT2D eigenvalue weighted by Crippen LogP contribution is 2.44. The molecule has 0 saturated heterocycles. The second kappa shape index (κ2) is 9.52. The summed E-state index contributed by atoms with van der Waals surface area (Å²) in [5, 5.41) is 0. The maximum Gasteiger partial charge on any atom is 0.200 e. The molecule has 0 saturated carbocycles. The number of hydrogen-bond acceptors (Lipinski definition) is 1. The summed E-state index contributed by atoms with van der Waals surface area (Å²) in [7, 11) is 1.51. The van der Waals surface area contributed by atoms with Crippen molar-refractivity contribution in [3.05, 3.63) is 70.0 Å². The lowest BCUT2D eigenvalue weighted by molar-refractivity contribution is 0.279. The average molecular weight is 463 g/mol. The van der Waals surface area contributed by atoms with Crippen molar-refractivity contribution >= 4 is 32.1 Å². The number of benzene rings is 2. The standard InChI is InChI=1S/C22H25BClF5S/c1-21(2,10-13-6-4-12(5-7-13)8-9-30)11-14(22(3,23)24)15-16(25)18(27)20(29)19(28)17(15)26/h4-7,14,30H,8-11,23H2,1-3H3. The van der Waals surface area contributed by atoms with Crippen LogP contribution < -0.4 is 0 Å². The Hall–Kier alpha value is -1.21.